The zero-order valence-corrected chi connectivity index (χ0v) is 14.6. The average molecular weight is 398 g/mol. The maximum atomic E-state index is 11.9. The van der Waals surface area contributed by atoms with Gasteiger partial charge in [0.2, 0.25) is 0 Å². The van der Waals surface area contributed by atoms with E-state index in [1.165, 1.54) is 12.3 Å². The van der Waals surface area contributed by atoms with Gasteiger partial charge in [0.1, 0.15) is 5.69 Å². The molecule has 0 saturated carbocycles. The summed E-state index contributed by atoms with van der Waals surface area (Å²) >= 11 is 9.12. The molecule has 0 radical (unpaired) electrons. The topological polar surface area (TPSA) is 68.3 Å². The molecule has 0 saturated heterocycles. The van der Waals surface area contributed by atoms with Crippen LogP contribution in [0.5, 0.6) is 0 Å². The monoisotopic (exact) mass is 396 g/mol. The highest BCUT2D eigenvalue weighted by Gasteiger charge is 2.14. The molecule has 0 unspecified atom stereocenters. The van der Waals surface area contributed by atoms with Gasteiger partial charge in [0.25, 0.3) is 5.91 Å². The number of nitrogens with zero attached hydrogens (tertiary/aromatic N) is 1. The van der Waals surface area contributed by atoms with E-state index >= 15 is 0 Å². The van der Waals surface area contributed by atoms with Crippen LogP contribution in [0.25, 0.3) is 0 Å². The summed E-state index contributed by atoms with van der Waals surface area (Å²) in [4.78, 5) is 27.5. The summed E-state index contributed by atoms with van der Waals surface area (Å²) in [7, 11) is 0. The number of halogens is 2. The van der Waals surface area contributed by atoms with Crippen molar-refractivity contribution in [1.29, 1.82) is 0 Å². The van der Waals surface area contributed by atoms with Gasteiger partial charge in [-0.1, -0.05) is 39.7 Å². The molecule has 0 bridgehead atoms. The lowest BCUT2D eigenvalue weighted by atomic mass is 10.1. The number of hydrogen-bond donors (Lipinski definition) is 1. The molecular formula is C16H14BrClN2O3. The molecule has 1 amide bonds. The molecule has 5 nitrogen and oxygen atoms in total. The molecule has 1 heterocycles. The standard InChI is InChI=1S/C16H14BrClN2O3/c1-10(11-2-4-12(17)5-3-11)20-15(21)9-23-16(22)14-8-13(18)6-7-19-14/h2-8,10H,9H2,1H3,(H,20,21)/t10-/m1/s1. The van der Waals surface area contributed by atoms with Gasteiger partial charge in [0.05, 0.1) is 6.04 Å². The van der Waals surface area contributed by atoms with Crippen LogP contribution in [0.1, 0.15) is 29.0 Å². The first kappa shape index (κ1) is 17.4. The van der Waals surface area contributed by atoms with Gasteiger partial charge in [0, 0.05) is 15.7 Å². The largest absolute Gasteiger partial charge is 0.451 e. The molecule has 1 aromatic carbocycles. The molecule has 0 aliphatic carbocycles. The number of esters is 1. The lowest BCUT2D eigenvalue weighted by Gasteiger charge is -2.14. The van der Waals surface area contributed by atoms with Crippen molar-refractivity contribution in [3.05, 3.63) is 63.3 Å². The smallest absolute Gasteiger partial charge is 0.357 e. The van der Waals surface area contributed by atoms with Gasteiger partial charge < -0.3 is 10.1 Å². The maximum absolute atomic E-state index is 11.9. The van der Waals surface area contributed by atoms with Crippen molar-refractivity contribution in [1.82, 2.24) is 10.3 Å². The van der Waals surface area contributed by atoms with E-state index < -0.39 is 11.9 Å². The summed E-state index contributed by atoms with van der Waals surface area (Å²) in [6, 6.07) is 10.3. The molecule has 7 heteroatoms. The Morgan fingerprint density at radius 1 is 1.30 bits per heavy atom. The minimum atomic E-state index is -0.695. The van der Waals surface area contributed by atoms with Crippen LogP contribution in [0.4, 0.5) is 0 Å². The molecule has 0 spiro atoms. The fraction of sp³-hybridized carbons (Fsp3) is 0.188. The summed E-state index contributed by atoms with van der Waals surface area (Å²) < 4.78 is 5.88. The number of hydrogen-bond acceptors (Lipinski definition) is 4. The SMILES string of the molecule is C[C@@H](NC(=O)COC(=O)c1cc(Cl)ccn1)c1ccc(Br)cc1. The van der Waals surface area contributed by atoms with Gasteiger partial charge in [-0.2, -0.15) is 0 Å². The lowest BCUT2D eigenvalue weighted by molar-refractivity contribution is -0.124. The number of carbonyl (C=O) groups is 2. The molecule has 2 aromatic rings. The number of rotatable bonds is 5. The van der Waals surface area contributed by atoms with E-state index in [-0.39, 0.29) is 18.3 Å². The molecule has 1 atom stereocenters. The van der Waals surface area contributed by atoms with Crippen molar-refractivity contribution in [3.63, 3.8) is 0 Å². The Morgan fingerprint density at radius 3 is 2.65 bits per heavy atom. The fourth-order valence-electron chi connectivity index (χ4n) is 1.84. The first-order chi connectivity index (χ1) is 11.0. The van der Waals surface area contributed by atoms with E-state index in [1.54, 1.807) is 6.07 Å². The van der Waals surface area contributed by atoms with Crippen LogP contribution in [-0.4, -0.2) is 23.5 Å². The molecule has 23 heavy (non-hydrogen) atoms. The minimum absolute atomic E-state index is 0.0614. The highest BCUT2D eigenvalue weighted by molar-refractivity contribution is 9.10. The van der Waals surface area contributed by atoms with Gasteiger partial charge in [-0.05, 0) is 36.8 Å². The number of amides is 1. The minimum Gasteiger partial charge on any atom is -0.451 e. The summed E-state index contributed by atoms with van der Waals surface area (Å²) in [5.41, 5.74) is 1.01. The van der Waals surface area contributed by atoms with Gasteiger partial charge in [-0.3, -0.25) is 4.79 Å². The third kappa shape index (κ3) is 5.33. The number of carbonyl (C=O) groups excluding carboxylic acids is 2. The second kappa shape index (κ2) is 8.08. The Bertz CT molecular complexity index is 707. The Balaban J connectivity index is 1.85. The molecule has 120 valence electrons. The first-order valence-electron chi connectivity index (χ1n) is 6.79. The molecular weight excluding hydrogens is 384 g/mol. The Hall–Kier alpha value is -1.92. The lowest BCUT2D eigenvalue weighted by Crippen LogP contribution is -2.31. The fourth-order valence-corrected chi connectivity index (χ4v) is 2.26. The molecule has 0 fully saturated rings. The molecule has 0 aliphatic heterocycles. The highest BCUT2D eigenvalue weighted by Crippen LogP contribution is 2.16. The van der Waals surface area contributed by atoms with Crippen molar-refractivity contribution < 1.29 is 14.3 Å². The van der Waals surface area contributed by atoms with E-state index in [2.05, 4.69) is 26.2 Å². The molecule has 1 aromatic heterocycles. The third-order valence-electron chi connectivity index (χ3n) is 3.01. The molecule has 2 rings (SSSR count). The summed E-state index contributed by atoms with van der Waals surface area (Å²) in [6.45, 7) is 1.47. The first-order valence-corrected chi connectivity index (χ1v) is 7.96. The van der Waals surface area contributed by atoms with Crippen molar-refractivity contribution in [2.75, 3.05) is 6.61 Å². The van der Waals surface area contributed by atoms with E-state index in [0.717, 1.165) is 10.0 Å². The van der Waals surface area contributed by atoms with Crippen LogP contribution in [0, 0.1) is 0 Å². The summed E-state index contributed by atoms with van der Waals surface area (Å²) in [6.07, 6.45) is 1.40. The average Bonchev–Trinajstić information content (AvgIpc) is 2.53. The quantitative estimate of drug-likeness (QED) is 0.784. The number of nitrogens with one attached hydrogen (secondary N) is 1. The van der Waals surface area contributed by atoms with Crippen LogP contribution < -0.4 is 5.32 Å². The summed E-state index contributed by atoms with van der Waals surface area (Å²) in [5, 5.41) is 3.13. The molecule has 0 aliphatic rings. The predicted molar refractivity (Wildman–Crippen MR) is 90.2 cm³/mol. The van der Waals surface area contributed by atoms with Crippen molar-refractivity contribution in [2.45, 2.75) is 13.0 Å². The van der Waals surface area contributed by atoms with Crippen molar-refractivity contribution in [2.24, 2.45) is 0 Å². The van der Waals surface area contributed by atoms with Gasteiger partial charge >= 0.3 is 5.97 Å². The number of benzene rings is 1. The maximum Gasteiger partial charge on any atom is 0.357 e. The van der Waals surface area contributed by atoms with Crippen LogP contribution in [0.15, 0.2) is 47.1 Å². The second-order valence-corrected chi connectivity index (χ2v) is 6.13. The predicted octanol–water partition coefficient (Wildman–Crippen LogP) is 3.53. The number of aromatic nitrogens is 1. The number of pyridine rings is 1. The normalized spacial score (nSPS) is 11.6. The Labute approximate surface area is 147 Å². The van der Waals surface area contributed by atoms with Gasteiger partial charge in [-0.25, -0.2) is 9.78 Å². The van der Waals surface area contributed by atoms with Crippen molar-refractivity contribution in [3.8, 4) is 0 Å². The van der Waals surface area contributed by atoms with E-state index in [9.17, 15) is 9.59 Å². The summed E-state index contributed by atoms with van der Waals surface area (Å²) in [5.74, 6) is -1.09. The van der Waals surface area contributed by atoms with E-state index in [4.69, 9.17) is 16.3 Å². The van der Waals surface area contributed by atoms with Gasteiger partial charge in [0.15, 0.2) is 6.61 Å². The zero-order valence-electron chi connectivity index (χ0n) is 12.3. The zero-order chi connectivity index (χ0) is 16.8. The Morgan fingerprint density at radius 2 is 2.00 bits per heavy atom. The Kier molecular flexibility index (Phi) is 6.12. The van der Waals surface area contributed by atoms with Crippen molar-refractivity contribution >= 4 is 39.4 Å². The van der Waals surface area contributed by atoms with Crippen LogP contribution in [-0.2, 0) is 9.53 Å². The van der Waals surface area contributed by atoms with E-state index in [0.29, 0.717) is 5.02 Å². The van der Waals surface area contributed by atoms with Crippen LogP contribution >= 0.6 is 27.5 Å². The third-order valence-corrected chi connectivity index (χ3v) is 3.78. The number of ether oxygens (including phenoxy) is 1. The van der Waals surface area contributed by atoms with Crippen LogP contribution in [0.3, 0.4) is 0 Å². The van der Waals surface area contributed by atoms with Gasteiger partial charge in [-0.15, -0.1) is 0 Å². The van der Waals surface area contributed by atoms with E-state index in [1.807, 2.05) is 31.2 Å². The second-order valence-electron chi connectivity index (χ2n) is 4.78. The molecule has 1 N–H and O–H groups in total. The highest BCUT2D eigenvalue weighted by atomic mass is 79.9. The van der Waals surface area contributed by atoms with Crippen LogP contribution in [0.2, 0.25) is 5.02 Å².